The molecule has 0 unspecified atom stereocenters. The number of ether oxygens (including phenoxy) is 1. The van der Waals surface area contributed by atoms with Gasteiger partial charge in [-0.2, -0.15) is 0 Å². The number of hydrogen-bond acceptors (Lipinski definition) is 2. The number of methoxy groups -OCH3 is 1. The average Bonchev–Trinajstić information content (AvgIpc) is 2.29. The van der Waals surface area contributed by atoms with E-state index in [4.69, 9.17) is 27.9 Å². The van der Waals surface area contributed by atoms with Crippen LogP contribution in [0.2, 0.25) is 10.0 Å². The number of benzene rings is 1. The second-order valence-electron chi connectivity index (χ2n) is 3.34. The van der Waals surface area contributed by atoms with Gasteiger partial charge >= 0.3 is 0 Å². The quantitative estimate of drug-likeness (QED) is 0.817. The van der Waals surface area contributed by atoms with Gasteiger partial charge in [-0.3, -0.25) is 0 Å². The lowest BCUT2D eigenvalue weighted by Gasteiger charge is -2.06. The largest absolute Gasteiger partial charge is 0.479 e. The summed E-state index contributed by atoms with van der Waals surface area (Å²) >= 11 is 11.8. The molecule has 2 rings (SSSR count). The smallest absolute Gasteiger partial charge is 0.250 e. The van der Waals surface area contributed by atoms with Gasteiger partial charge in [-0.15, -0.1) is 0 Å². The molecule has 0 bridgehead atoms. The summed E-state index contributed by atoms with van der Waals surface area (Å²) in [5.41, 5.74) is 1.25. The summed E-state index contributed by atoms with van der Waals surface area (Å²) in [7, 11) is 1.36. The van der Waals surface area contributed by atoms with Crippen molar-refractivity contribution >= 4 is 23.2 Å². The molecule has 1 aromatic carbocycles. The number of nitrogens with zero attached hydrogens (tertiary/aromatic N) is 1. The summed E-state index contributed by atoms with van der Waals surface area (Å²) in [5, 5.41) is 0.976. The van der Waals surface area contributed by atoms with Crippen molar-refractivity contribution in [2.75, 3.05) is 7.11 Å². The van der Waals surface area contributed by atoms with Crippen LogP contribution >= 0.6 is 23.2 Å². The molecule has 0 radical (unpaired) electrons. The van der Waals surface area contributed by atoms with Crippen LogP contribution in [0.5, 0.6) is 5.88 Å². The van der Waals surface area contributed by atoms with E-state index in [1.165, 1.54) is 19.4 Å². The van der Waals surface area contributed by atoms with Gasteiger partial charge in [0.1, 0.15) is 0 Å². The predicted molar refractivity (Wildman–Crippen MR) is 66.2 cm³/mol. The lowest BCUT2D eigenvalue weighted by Crippen LogP contribution is -1.92. The summed E-state index contributed by atoms with van der Waals surface area (Å²) in [6.45, 7) is 0. The SMILES string of the molecule is COc1ncc(-c2ccc(Cl)cc2Cl)cc1F. The number of rotatable bonds is 2. The van der Waals surface area contributed by atoms with E-state index in [2.05, 4.69) is 4.98 Å². The van der Waals surface area contributed by atoms with Crippen molar-refractivity contribution in [2.24, 2.45) is 0 Å². The molecule has 0 aliphatic carbocycles. The Morgan fingerprint density at radius 3 is 2.59 bits per heavy atom. The predicted octanol–water partition coefficient (Wildman–Crippen LogP) is 4.20. The number of halogens is 3. The van der Waals surface area contributed by atoms with Crippen molar-refractivity contribution < 1.29 is 9.13 Å². The Morgan fingerprint density at radius 1 is 1.24 bits per heavy atom. The van der Waals surface area contributed by atoms with Crippen molar-refractivity contribution in [1.29, 1.82) is 0 Å². The highest BCUT2D eigenvalue weighted by atomic mass is 35.5. The van der Waals surface area contributed by atoms with Crippen LogP contribution in [0.4, 0.5) is 4.39 Å². The van der Waals surface area contributed by atoms with Crippen LogP contribution in [-0.2, 0) is 0 Å². The van der Waals surface area contributed by atoms with Gasteiger partial charge in [-0.25, -0.2) is 9.37 Å². The molecule has 0 saturated heterocycles. The second kappa shape index (κ2) is 4.90. The zero-order chi connectivity index (χ0) is 12.4. The monoisotopic (exact) mass is 271 g/mol. The molecular formula is C12H8Cl2FNO. The summed E-state index contributed by atoms with van der Waals surface area (Å²) in [6, 6.07) is 6.32. The molecule has 1 heterocycles. The molecule has 2 aromatic rings. The molecular weight excluding hydrogens is 264 g/mol. The summed E-state index contributed by atoms with van der Waals surface area (Å²) < 4.78 is 18.2. The first-order chi connectivity index (χ1) is 8.11. The van der Waals surface area contributed by atoms with E-state index >= 15 is 0 Å². The van der Waals surface area contributed by atoms with Gasteiger partial charge in [0.05, 0.1) is 7.11 Å². The molecule has 0 saturated carbocycles. The van der Waals surface area contributed by atoms with Gasteiger partial charge in [0.2, 0.25) is 5.88 Å². The second-order valence-corrected chi connectivity index (χ2v) is 4.18. The fourth-order valence-electron chi connectivity index (χ4n) is 1.45. The maximum absolute atomic E-state index is 13.5. The minimum atomic E-state index is -0.531. The highest BCUT2D eigenvalue weighted by Gasteiger charge is 2.09. The fraction of sp³-hybridized carbons (Fsp3) is 0.0833. The van der Waals surface area contributed by atoms with Crippen LogP contribution in [0.1, 0.15) is 0 Å². The third-order valence-corrected chi connectivity index (χ3v) is 2.79. The van der Waals surface area contributed by atoms with E-state index in [-0.39, 0.29) is 5.88 Å². The first kappa shape index (κ1) is 12.1. The molecule has 1 aromatic heterocycles. The van der Waals surface area contributed by atoms with Crippen molar-refractivity contribution in [1.82, 2.24) is 4.98 Å². The Hall–Kier alpha value is -1.32. The molecule has 0 amide bonds. The molecule has 0 fully saturated rings. The van der Waals surface area contributed by atoms with E-state index < -0.39 is 5.82 Å². The Morgan fingerprint density at radius 2 is 2.00 bits per heavy atom. The molecule has 2 nitrogen and oxygen atoms in total. The van der Waals surface area contributed by atoms with Gasteiger partial charge in [-0.05, 0) is 18.2 Å². The molecule has 17 heavy (non-hydrogen) atoms. The van der Waals surface area contributed by atoms with Crippen LogP contribution in [0.25, 0.3) is 11.1 Å². The number of hydrogen-bond donors (Lipinski definition) is 0. The molecule has 88 valence electrons. The third-order valence-electron chi connectivity index (χ3n) is 2.24. The maximum Gasteiger partial charge on any atom is 0.250 e. The zero-order valence-electron chi connectivity index (χ0n) is 8.88. The third kappa shape index (κ3) is 2.51. The van der Waals surface area contributed by atoms with Crippen molar-refractivity contribution in [3.63, 3.8) is 0 Å². The van der Waals surface area contributed by atoms with Crippen LogP contribution in [-0.4, -0.2) is 12.1 Å². The van der Waals surface area contributed by atoms with Crippen LogP contribution in [0.3, 0.4) is 0 Å². The Kier molecular flexibility index (Phi) is 3.50. The lowest BCUT2D eigenvalue weighted by atomic mass is 10.1. The van der Waals surface area contributed by atoms with E-state index in [1.54, 1.807) is 18.2 Å². The van der Waals surface area contributed by atoms with Gasteiger partial charge in [0, 0.05) is 27.4 Å². The highest BCUT2D eigenvalue weighted by Crippen LogP contribution is 2.31. The van der Waals surface area contributed by atoms with E-state index in [1.807, 2.05) is 0 Å². The van der Waals surface area contributed by atoms with Crippen molar-refractivity contribution in [3.8, 4) is 17.0 Å². The molecule has 5 heteroatoms. The fourth-order valence-corrected chi connectivity index (χ4v) is 1.96. The average molecular weight is 272 g/mol. The minimum absolute atomic E-state index is 0.0427. The highest BCUT2D eigenvalue weighted by molar-refractivity contribution is 6.36. The van der Waals surface area contributed by atoms with Crippen LogP contribution in [0.15, 0.2) is 30.5 Å². The minimum Gasteiger partial charge on any atom is -0.479 e. The normalized spacial score (nSPS) is 10.4. The van der Waals surface area contributed by atoms with Gasteiger partial charge in [0.15, 0.2) is 5.82 Å². The molecule has 0 aliphatic rings. The van der Waals surface area contributed by atoms with Crippen LogP contribution in [0, 0.1) is 5.82 Å². The maximum atomic E-state index is 13.5. The number of pyridine rings is 1. The van der Waals surface area contributed by atoms with Gasteiger partial charge < -0.3 is 4.74 Å². The van der Waals surface area contributed by atoms with E-state index in [9.17, 15) is 4.39 Å². The van der Waals surface area contributed by atoms with Crippen molar-refractivity contribution in [3.05, 3.63) is 46.3 Å². The lowest BCUT2D eigenvalue weighted by molar-refractivity contribution is 0.369. The van der Waals surface area contributed by atoms with Gasteiger partial charge in [-0.1, -0.05) is 29.3 Å². The Balaban J connectivity index is 2.50. The summed E-state index contributed by atoms with van der Waals surface area (Å²) in [6.07, 6.45) is 1.50. The zero-order valence-corrected chi connectivity index (χ0v) is 10.4. The molecule has 0 aliphatic heterocycles. The van der Waals surface area contributed by atoms with E-state index in [0.717, 1.165) is 0 Å². The number of aromatic nitrogens is 1. The molecule has 0 N–H and O–H groups in total. The molecule has 0 atom stereocenters. The van der Waals surface area contributed by atoms with Gasteiger partial charge in [0.25, 0.3) is 0 Å². The topological polar surface area (TPSA) is 22.1 Å². The summed E-state index contributed by atoms with van der Waals surface area (Å²) in [5.74, 6) is -0.574. The first-order valence-corrected chi connectivity index (χ1v) is 5.52. The summed E-state index contributed by atoms with van der Waals surface area (Å²) in [4.78, 5) is 3.85. The standard InChI is InChI=1S/C12H8Cl2FNO/c1-17-12-11(15)4-7(6-16-12)9-3-2-8(13)5-10(9)14/h2-6H,1H3. The first-order valence-electron chi connectivity index (χ1n) is 4.77. The van der Waals surface area contributed by atoms with Crippen molar-refractivity contribution in [2.45, 2.75) is 0 Å². The van der Waals surface area contributed by atoms with Crippen LogP contribution < -0.4 is 4.74 Å². The molecule has 0 spiro atoms. The van der Waals surface area contributed by atoms with E-state index in [0.29, 0.717) is 21.2 Å². The Labute approximate surface area is 108 Å². The Bertz CT molecular complexity index is 560.